The standard InChI is InChI=1S/C9H10N4O2/c1-2-15-8(14)6-3-4-13-7(6)11-5-12-9(13)10/h3-5H,2H2,1H3,(H2,10,11,12). The molecule has 2 heterocycles. The normalized spacial score (nSPS) is 10.5. The van der Waals surface area contributed by atoms with Crippen LogP contribution in [0.2, 0.25) is 0 Å². The molecule has 78 valence electrons. The first kappa shape index (κ1) is 9.45. The number of nitrogen functional groups attached to an aromatic ring is 1. The molecule has 0 spiro atoms. The molecule has 0 radical (unpaired) electrons. The lowest BCUT2D eigenvalue weighted by atomic mass is 10.3. The summed E-state index contributed by atoms with van der Waals surface area (Å²) in [5.41, 5.74) is 6.46. The number of carbonyl (C=O) groups is 1. The Kier molecular flexibility index (Phi) is 2.24. The third-order valence-corrected chi connectivity index (χ3v) is 1.97. The number of hydrogen-bond acceptors (Lipinski definition) is 5. The largest absolute Gasteiger partial charge is 0.462 e. The molecule has 6 heteroatoms. The van der Waals surface area contributed by atoms with Gasteiger partial charge in [0, 0.05) is 6.20 Å². The van der Waals surface area contributed by atoms with Gasteiger partial charge in [0.2, 0.25) is 5.95 Å². The van der Waals surface area contributed by atoms with Gasteiger partial charge in [-0.05, 0) is 13.0 Å². The van der Waals surface area contributed by atoms with Crippen LogP contribution in [0, 0.1) is 0 Å². The van der Waals surface area contributed by atoms with Gasteiger partial charge < -0.3 is 10.5 Å². The van der Waals surface area contributed by atoms with E-state index in [-0.39, 0.29) is 5.95 Å². The minimum Gasteiger partial charge on any atom is -0.462 e. The number of aromatic nitrogens is 3. The van der Waals surface area contributed by atoms with Crippen LogP contribution in [0.15, 0.2) is 18.6 Å². The molecule has 0 amide bonds. The van der Waals surface area contributed by atoms with E-state index in [1.807, 2.05) is 0 Å². The Labute approximate surface area is 85.7 Å². The number of rotatable bonds is 2. The van der Waals surface area contributed by atoms with Crippen molar-refractivity contribution in [2.24, 2.45) is 0 Å². The van der Waals surface area contributed by atoms with E-state index >= 15 is 0 Å². The Morgan fingerprint density at radius 2 is 2.40 bits per heavy atom. The van der Waals surface area contributed by atoms with Crippen molar-refractivity contribution >= 4 is 17.6 Å². The van der Waals surface area contributed by atoms with E-state index in [4.69, 9.17) is 10.5 Å². The second-order valence-electron chi connectivity index (χ2n) is 2.88. The Morgan fingerprint density at radius 3 is 3.13 bits per heavy atom. The highest BCUT2D eigenvalue weighted by Crippen LogP contribution is 2.13. The lowest BCUT2D eigenvalue weighted by molar-refractivity contribution is 0.0528. The van der Waals surface area contributed by atoms with E-state index in [2.05, 4.69) is 9.97 Å². The fourth-order valence-electron chi connectivity index (χ4n) is 1.31. The average molecular weight is 206 g/mol. The second-order valence-corrected chi connectivity index (χ2v) is 2.88. The van der Waals surface area contributed by atoms with Crippen LogP contribution in [0.4, 0.5) is 5.95 Å². The molecule has 0 aliphatic carbocycles. The number of esters is 1. The predicted molar refractivity (Wildman–Crippen MR) is 53.4 cm³/mol. The number of nitrogens with two attached hydrogens (primary N) is 1. The van der Waals surface area contributed by atoms with Crippen molar-refractivity contribution < 1.29 is 9.53 Å². The molecule has 0 aromatic carbocycles. The highest BCUT2D eigenvalue weighted by molar-refractivity contribution is 5.96. The molecular formula is C9H10N4O2. The maximum absolute atomic E-state index is 11.5. The van der Waals surface area contributed by atoms with Gasteiger partial charge in [0.1, 0.15) is 11.9 Å². The van der Waals surface area contributed by atoms with E-state index in [0.29, 0.717) is 17.8 Å². The molecule has 0 saturated carbocycles. The van der Waals surface area contributed by atoms with Crippen molar-refractivity contribution in [3.8, 4) is 0 Å². The zero-order chi connectivity index (χ0) is 10.8. The van der Waals surface area contributed by atoms with E-state index < -0.39 is 5.97 Å². The average Bonchev–Trinajstić information content (AvgIpc) is 2.63. The molecule has 0 bridgehead atoms. The van der Waals surface area contributed by atoms with Crippen LogP contribution in [-0.2, 0) is 4.74 Å². The van der Waals surface area contributed by atoms with Crippen LogP contribution in [0.1, 0.15) is 17.3 Å². The fourth-order valence-corrected chi connectivity index (χ4v) is 1.31. The van der Waals surface area contributed by atoms with Crippen molar-refractivity contribution in [1.29, 1.82) is 0 Å². The van der Waals surface area contributed by atoms with Gasteiger partial charge >= 0.3 is 5.97 Å². The summed E-state index contributed by atoms with van der Waals surface area (Å²) in [5.74, 6) is -0.117. The lowest BCUT2D eigenvalue weighted by Gasteiger charge is -2.00. The van der Waals surface area contributed by atoms with Gasteiger partial charge in [-0.2, -0.15) is 0 Å². The Bertz CT molecular complexity index is 506. The van der Waals surface area contributed by atoms with Gasteiger partial charge in [0.15, 0.2) is 5.65 Å². The van der Waals surface area contributed by atoms with Gasteiger partial charge in [-0.15, -0.1) is 0 Å². The Morgan fingerprint density at radius 1 is 1.60 bits per heavy atom. The smallest absolute Gasteiger partial charge is 0.341 e. The zero-order valence-corrected chi connectivity index (χ0v) is 8.17. The third kappa shape index (κ3) is 1.50. The molecule has 15 heavy (non-hydrogen) atoms. The zero-order valence-electron chi connectivity index (χ0n) is 8.17. The summed E-state index contributed by atoms with van der Waals surface area (Å²) in [7, 11) is 0. The van der Waals surface area contributed by atoms with Crippen LogP contribution < -0.4 is 5.73 Å². The first-order valence-corrected chi connectivity index (χ1v) is 4.48. The number of nitrogens with zero attached hydrogens (tertiary/aromatic N) is 3. The molecule has 0 aliphatic heterocycles. The number of carbonyl (C=O) groups excluding carboxylic acids is 1. The molecule has 2 aromatic heterocycles. The van der Waals surface area contributed by atoms with Crippen molar-refractivity contribution in [2.45, 2.75) is 6.92 Å². The summed E-state index contributed by atoms with van der Waals surface area (Å²) in [5, 5.41) is 0. The number of fused-ring (bicyclic) bond motifs is 1. The number of hydrogen-bond donors (Lipinski definition) is 1. The van der Waals surface area contributed by atoms with Crippen LogP contribution >= 0.6 is 0 Å². The second kappa shape index (κ2) is 3.56. The lowest BCUT2D eigenvalue weighted by Crippen LogP contribution is -2.06. The van der Waals surface area contributed by atoms with Gasteiger partial charge in [-0.25, -0.2) is 14.8 Å². The van der Waals surface area contributed by atoms with Crippen LogP contribution in [-0.4, -0.2) is 26.9 Å². The molecule has 0 saturated heterocycles. The van der Waals surface area contributed by atoms with Crippen LogP contribution in [0.3, 0.4) is 0 Å². The minimum absolute atomic E-state index is 0.288. The third-order valence-electron chi connectivity index (χ3n) is 1.97. The van der Waals surface area contributed by atoms with Gasteiger partial charge in [-0.1, -0.05) is 0 Å². The molecule has 0 fully saturated rings. The maximum Gasteiger partial charge on any atom is 0.341 e. The van der Waals surface area contributed by atoms with Crippen molar-refractivity contribution in [1.82, 2.24) is 14.4 Å². The molecule has 2 rings (SSSR count). The topological polar surface area (TPSA) is 82.5 Å². The molecule has 0 unspecified atom stereocenters. The molecule has 0 aliphatic rings. The van der Waals surface area contributed by atoms with Crippen molar-refractivity contribution in [3.05, 3.63) is 24.2 Å². The first-order chi connectivity index (χ1) is 7.24. The van der Waals surface area contributed by atoms with Crippen molar-refractivity contribution in [2.75, 3.05) is 12.3 Å². The Hall–Kier alpha value is -2.11. The first-order valence-electron chi connectivity index (χ1n) is 4.48. The van der Waals surface area contributed by atoms with E-state index in [9.17, 15) is 4.79 Å². The van der Waals surface area contributed by atoms with Gasteiger partial charge in [-0.3, -0.25) is 4.40 Å². The van der Waals surface area contributed by atoms with Gasteiger partial charge in [0.05, 0.1) is 6.61 Å². The fraction of sp³-hybridized carbons (Fsp3) is 0.222. The SMILES string of the molecule is CCOC(=O)c1ccn2c(N)ncnc12. The minimum atomic E-state index is -0.405. The summed E-state index contributed by atoms with van der Waals surface area (Å²) in [4.78, 5) is 19.3. The number of ether oxygens (including phenoxy) is 1. The molecule has 6 nitrogen and oxygen atoms in total. The molecule has 2 aromatic rings. The van der Waals surface area contributed by atoms with Gasteiger partial charge in [0.25, 0.3) is 0 Å². The maximum atomic E-state index is 11.5. The molecule has 0 atom stereocenters. The number of anilines is 1. The quantitative estimate of drug-likeness (QED) is 0.723. The predicted octanol–water partition coefficient (Wildman–Crippen LogP) is 0.488. The van der Waals surface area contributed by atoms with Crippen LogP contribution in [0.25, 0.3) is 5.65 Å². The highest BCUT2D eigenvalue weighted by Gasteiger charge is 2.14. The molecule has 2 N–H and O–H groups in total. The molecular weight excluding hydrogens is 196 g/mol. The summed E-state index contributed by atoms with van der Waals surface area (Å²) in [6.07, 6.45) is 2.95. The van der Waals surface area contributed by atoms with Crippen molar-refractivity contribution in [3.63, 3.8) is 0 Å². The summed E-state index contributed by atoms with van der Waals surface area (Å²) < 4.78 is 6.41. The van der Waals surface area contributed by atoms with E-state index in [0.717, 1.165) is 0 Å². The highest BCUT2D eigenvalue weighted by atomic mass is 16.5. The van der Waals surface area contributed by atoms with Crippen LogP contribution in [0.5, 0.6) is 0 Å². The van der Waals surface area contributed by atoms with E-state index in [1.54, 1.807) is 19.2 Å². The summed E-state index contributed by atoms with van der Waals surface area (Å²) in [6.45, 7) is 2.08. The summed E-state index contributed by atoms with van der Waals surface area (Å²) in [6, 6.07) is 1.61. The summed E-state index contributed by atoms with van der Waals surface area (Å²) >= 11 is 0. The van der Waals surface area contributed by atoms with E-state index in [1.165, 1.54) is 10.7 Å². The Balaban J connectivity index is 2.54. The monoisotopic (exact) mass is 206 g/mol.